The maximum atomic E-state index is 12.6. The molecule has 3 rings (SSSR count). The summed E-state index contributed by atoms with van der Waals surface area (Å²) in [5.74, 6) is -1.96. The number of nitrogens with zero attached hydrogens (tertiary/aromatic N) is 1. The Hall–Kier alpha value is -2.39. The molecule has 26 heavy (non-hydrogen) atoms. The fourth-order valence-corrected chi connectivity index (χ4v) is 3.80. The van der Waals surface area contributed by atoms with E-state index in [1.807, 2.05) is 0 Å². The average Bonchev–Trinajstić information content (AvgIpc) is 3.01. The summed E-state index contributed by atoms with van der Waals surface area (Å²) in [6.07, 6.45) is 0. The first-order valence-electron chi connectivity index (χ1n) is 7.39. The molecular formula is C17H14F2N2O3S2. The van der Waals surface area contributed by atoms with Gasteiger partial charge in [-0.2, -0.15) is 8.78 Å². The average molecular weight is 396 g/mol. The van der Waals surface area contributed by atoms with Crippen molar-refractivity contribution in [3.63, 3.8) is 0 Å². The summed E-state index contributed by atoms with van der Waals surface area (Å²) in [4.78, 5) is 17.3. The molecule has 136 valence electrons. The van der Waals surface area contributed by atoms with E-state index in [4.69, 9.17) is 9.47 Å². The Morgan fingerprint density at radius 2 is 2.00 bits per heavy atom. The molecule has 0 saturated heterocycles. The topological polar surface area (TPSA) is 60.5 Å². The second-order valence-corrected chi connectivity index (χ2v) is 7.14. The fourth-order valence-electron chi connectivity index (χ4n) is 2.29. The molecule has 0 aliphatic rings. The molecule has 1 N–H and O–H groups in total. The third kappa shape index (κ3) is 4.05. The molecule has 0 radical (unpaired) electrons. The molecule has 0 unspecified atom stereocenters. The molecule has 0 bridgehead atoms. The first-order valence-corrected chi connectivity index (χ1v) is 9.08. The van der Waals surface area contributed by atoms with Crippen molar-refractivity contribution in [1.82, 2.24) is 4.98 Å². The van der Waals surface area contributed by atoms with Crippen LogP contribution in [-0.4, -0.2) is 30.9 Å². The lowest BCUT2D eigenvalue weighted by molar-refractivity contribution is 0.102. The third-order valence-electron chi connectivity index (χ3n) is 3.46. The van der Waals surface area contributed by atoms with Crippen LogP contribution in [0.25, 0.3) is 10.2 Å². The number of amides is 1. The highest BCUT2D eigenvalue weighted by atomic mass is 32.2. The molecule has 9 heteroatoms. The molecule has 1 amide bonds. The number of aromatic nitrogens is 1. The summed E-state index contributed by atoms with van der Waals surface area (Å²) in [5, 5.41) is 3.08. The van der Waals surface area contributed by atoms with Crippen molar-refractivity contribution in [3.05, 3.63) is 42.0 Å². The van der Waals surface area contributed by atoms with Crippen molar-refractivity contribution < 1.29 is 23.0 Å². The van der Waals surface area contributed by atoms with E-state index in [1.165, 1.54) is 25.6 Å². The molecule has 0 aliphatic heterocycles. The number of hydrogen-bond acceptors (Lipinski definition) is 6. The molecule has 1 aromatic heterocycles. The first kappa shape index (κ1) is 18.4. The van der Waals surface area contributed by atoms with E-state index in [0.717, 1.165) is 0 Å². The number of benzene rings is 2. The van der Waals surface area contributed by atoms with Gasteiger partial charge >= 0.3 is 0 Å². The molecule has 2 aromatic carbocycles. The Balaban J connectivity index is 1.85. The van der Waals surface area contributed by atoms with Crippen LogP contribution in [0, 0.1) is 0 Å². The molecule has 0 saturated carbocycles. The van der Waals surface area contributed by atoms with Crippen LogP contribution in [-0.2, 0) is 0 Å². The summed E-state index contributed by atoms with van der Waals surface area (Å²) in [6, 6.07) is 9.76. The van der Waals surface area contributed by atoms with Crippen LogP contribution in [0.1, 0.15) is 10.4 Å². The molecule has 1 heterocycles. The Bertz CT molecular complexity index is 947. The zero-order chi connectivity index (χ0) is 18.7. The number of hydrogen-bond donors (Lipinski definition) is 1. The number of carbonyl (C=O) groups excluding carboxylic acids is 1. The summed E-state index contributed by atoms with van der Waals surface area (Å²) in [7, 11) is 2.98. The van der Waals surface area contributed by atoms with Gasteiger partial charge in [0.1, 0.15) is 11.5 Å². The number of anilines is 1. The van der Waals surface area contributed by atoms with E-state index in [9.17, 15) is 13.6 Å². The SMILES string of the molecule is COc1ccc(OC)c(C(=O)Nc2nc3ccc(SC(F)F)cc3s2)c1. The highest BCUT2D eigenvalue weighted by molar-refractivity contribution is 7.99. The highest BCUT2D eigenvalue weighted by Crippen LogP contribution is 2.33. The van der Waals surface area contributed by atoms with E-state index in [-0.39, 0.29) is 0 Å². The molecule has 5 nitrogen and oxygen atoms in total. The largest absolute Gasteiger partial charge is 0.497 e. The lowest BCUT2D eigenvalue weighted by Crippen LogP contribution is -2.13. The Morgan fingerprint density at radius 3 is 2.69 bits per heavy atom. The van der Waals surface area contributed by atoms with E-state index >= 15 is 0 Å². The van der Waals surface area contributed by atoms with Gasteiger partial charge in [0.2, 0.25) is 0 Å². The van der Waals surface area contributed by atoms with Crippen LogP contribution in [0.15, 0.2) is 41.3 Å². The van der Waals surface area contributed by atoms with Gasteiger partial charge in [0, 0.05) is 4.90 Å². The summed E-state index contributed by atoms with van der Waals surface area (Å²) >= 11 is 1.68. The standard InChI is InChI=1S/C17H14F2N2O3S2/c1-23-9-3-6-13(24-2)11(7-9)15(22)21-17-20-12-5-4-10(25-16(18)19)8-14(12)26-17/h3-8,16H,1-2H3,(H,20,21,22). The minimum Gasteiger partial charge on any atom is -0.497 e. The number of nitrogens with one attached hydrogen (secondary N) is 1. The van der Waals surface area contributed by atoms with Gasteiger partial charge < -0.3 is 9.47 Å². The van der Waals surface area contributed by atoms with Gasteiger partial charge in [-0.15, -0.1) is 0 Å². The summed E-state index contributed by atoms with van der Waals surface area (Å²) < 4.78 is 36.0. The van der Waals surface area contributed by atoms with E-state index in [1.54, 1.807) is 36.4 Å². The van der Waals surface area contributed by atoms with Crippen LogP contribution in [0.2, 0.25) is 0 Å². The lowest BCUT2D eigenvalue weighted by atomic mass is 10.2. The van der Waals surface area contributed by atoms with Crippen LogP contribution in [0.3, 0.4) is 0 Å². The molecular weight excluding hydrogens is 382 g/mol. The lowest BCUT2D eigenvalue weighted by Gasteiger charge is -2.09. The molecule has 3 aromatic rings. The molecule has 0 aliphatic carbocycles. The predicted octanol–water partition coefficient (Wildman–Crippen LogP) is 4.88. The second-order valence-electron chi connectivity index (χ2n) is 5.05. The van der Waals surface area contributed by atoms with Crippen LogP contribution >= 0.6 is 23.1 Å². The van der Waals surface area contributed by atoms with Crippen molar-refractivity contribution >= 4 is 44.4 Å². The van der Waals surface area contributed by atoms with Crippen LogP contribution in [0.5, 0.6) is 11.5 Å². The molecule has 0 fully saturated rings. The summed E-state index contributed by atoms with van der Waals surface area (Å²) in [5.41, 5.74) is 0.932. The highest BCUT2D eigenvalue weighted by Gasteiger charge is 2.16. The van der Waals surface area contributed by atoms with E-state index < -0.39 is 11.7 Å². The second kappa shape index (κ2) is 7.88. The quantitative estimate of drug-likeness (QED) is 0.602. The molecule has 0 spiro atoms. The number of carbonyl (C=O) groups is 1. The maximum absolute atomic E-state index is 12.6. The van der Waals surface area contributed by atoms with Crippen molar-refractivity contribution in [2.24, 2.45) is 0 Å². The van der Waals surface area contributed by atoms with Gasteiger partial charge in [-0.25, -0.2) is 4.98 Å². The van der Waals surface area contributed by atoms with Gasteiger partial charge in [-0.05, 0) is 36.4 Å². The van der Waals surface area contributed by atoms with Crippen LogP contribution in [0.4, 0.5) is 13.9 Å². The van der Waals surface area contributed by atoms with E-state index in [0.29, 0.717) is 49.1 Å². The number of fused-ring (bicyclic) bond motifs is 1. The van der Waals surface area contributed by atoms with Gasteiger partial charge in [0.05, 0.1) is 30.0 Å². The minimum absolute atomic E-state index is 0.306. The number of thiazole rings is 1. The number of ether oxygens (including phenoxy) is 2. The Labute approximate surface area is 156 Å². The number of thioether (sulfide) groups is 1. The van der Waals surface area contributed by atoms with Gasteiger partial charge in [0.25, 0.3) is 11.7 Å². The van der Waals surface area contributed by atoms with E-state index in [2.05, 4.69) is 10.3 Å². The number of alkyl halides is 2. The zero-order valence-corrected chi connectivity index (χ0v) is 15.4. The monoisotopic (exact) mass is 396 g/mol. The third-order valence-corrected chi connectivity index (χ3v) is 5.09. The Morgan fingerprint density at radius 1 is 1.19 bits per heavy atom. The first-order chi connectivity index (χ1) is 12.5. The zero-order valence-electron chi connectivity index (χ0n) is 13.8. The van der Waals surface area contributed by atoms with Gasteiger partial charge in [0.15, 0.2) is 5.13 Å². The number of rotatable bonds is 6. The number of halogens is 2. The minimum atomic E-state index is -2.49. The normalized spacial score (nSPS) is 11.0. The van der Waals surface area contributed by atoms with Crippen molar-refractivity contribution in [2.75, 3.05) is 19.5 Å². The predicted molar refractivity (Wildman–Crippen MR) is 99.0 cm³/mol. The molecule has 0 atom stereocenters. The fraction of sp³-hybridized carbons (Fsp3) is 0.176. The van der Waals surface area contributed by atoms with Gasteiger partial charge in [-0.1, -0.05) is 23.1 Å². The summed E-state index contributed by atoms with van der Waals surface area (Å²) in [6.45, 7) is 0. The number of methoxy groups -OCH3 is 2. The van der Waals surface area contributed by atoms with Crippen molar-refractivity contribution in [3.8, 4) is 11.5 Å². The van der Waals surface area contributed by atoms with Crippen molar-refractivity contribution in [1.29, 1.82) is 0 Å². The maximum Gasteiger partial charge on any atom is 0.288 e. The Kier molecular flexibility index (Phi) is 5.58. The van der Waals surface area contributed by atoms with Gasteiger partial charge in [-0.3, -0.25) is 10.1 Å². The van der Waals surface area contributed by atoms with Crippen LogP contribution < -0.4 is 14.8 Å². The van der Waals surface area contributed by atoms with Crippen molar-refractivity contribution in [2.45, 2.75) is 10.7 Å². The smallest absolute Gasteiger partial charge is 0.288 e.